The maximum atomic E-state index is 11.8. The summed E-state index contributed by atoms with van der Waals surface area (Å²) in [6.07, 6.45) is 1.38. The maximum absolute atomic E-state index is 11.8. The van der Waals surface area contributed by atoms with Crippen molar-refractivity contribution in [1.29, 1.82) is 5.26 Å². The molecule has 8 heteroatoms. The van der Waals surface area contributed by atoms with Crippen LogP contribution in [-0.2, 0) is 29.1 Å². The Kier molecular flexibility index (Phi) is 7.59. The summed E-state index contributed by atoms with van der Waals surface area (Å²) in [5.74, 6) is 0.129. The topological polar surface area (TPSA) is 108 Å². The number of ether oxygens (including phenoxy) is 2. The van der Waals surface area contributed by atoms with E-state index in [1.807, 2.05) is 54.3 Å². The second kappa shape index (κ2) is 11.2. The number of aliphatic carboxylic acids is 1. The Hall–Kier alpha value is -3.93. The van der Waals surface area contributed by atoms with Crippen molar-refractivity contribution in [2.75, 3.05) is 31.7 Å². The summed E-state index contributed by atoms with van der Waals surface area (Å²) >= 11 is 0. The van der Waals surface area contributed by atoms with E-state index in [-0.39, 0.29) is 12.6 Å². The third-order valence-electron chi connectivity index (χ3n) is 7.56. The second-order valence-electron chi connectivity index (χ2n) is 9.85. The highest BCUT2D eigenvalue weighted by Gasteiger charge is 2.39. The number of aryl methyl sites for hydroxylation is 1. The molecule has 2 N–H and O–H groups in total. The summed E-state index contributed by atoms with van der Waals surface area (Å²) in [6.45, 7) is 4.85. The molecule has 0 spiro atoms. The van der Waals surface area contributed by atoms with Crippen LogP contribution in [0.3, 0.4) is 0 Å². The number of hydrogen-bond donors (Lipinski definition) is 2. The summed E-state index contributed by atoms with van der Waals surface area (Å²) in [5, 5.41) is 23.0. The quantitative estimate of drug-likeness (QED) is 0.465. The van der Waals surface area contributed by atoms with Gasteiger partial charge in [-0.1, -0.05) is 30.3 Å². The van der Waals surface area contributed by atoms with E-state index in [2.05, 4.69) is 17.5 Å². The van der Waals surface area contributed by atoms with E-state index >= 15 is 0 Å². The van der Waals surface area contributed by atoms with Crippen molar-refractivity contribution in [3.63, 3.8) is 0 Å². The van der Waals surface area contributed by atoms with Crippen molar-refractivity contribution in [2.45, 2.75) is 39.0 Å². The number of aromatic nitrogens is 1. The van der Waals surface area contributed by atoms with Crippen molar-refractivity contribution < 1.29 is 19.4 Å². The van der Waals surface area contributed by atoms with Gasteiger partial charge in [0.05, 0.1) is 35.9 Å². The Morgan fingerprint density at radius 2 is 2.08 bits per heavy atom. The van der Waals surface area contributed by atoms with Gasteiger partial charge in [0.15, 0.2) is 0 Å². The Bertz CT molecular complexity index is 1380. The number of nitrogens with zero attached hydrogens (tertiary/aromatic N) is 3. The Morgan fingerprint density at radius 1 is 1.24 bits per heavy atom. The SMILES string of the molecule is COC[C@@H]1[C@H](C(=O)O)CCN1c1cccc(-c2cccc(C)c2OCc2ccc3c(c2C#N)CCNC3)n1. The molecule has 0 radical (unpaired) electrons. The van der Waals surface area contributed by atoms with Crippen LogP contribution >= 0.6 is 0 Å². The van der Waals surface area contributed by atoms with Crippen molar-refractivity contribution in [2.24, 2.45) is 5.92 Å². The first kappa shape index (κ1) is 25.7. The number of anilines is 1. The Morgan fingerprint density at radius 3 is 2.87 bits per heavy atom. The minimum absolute atomic E-state index is 0.280. The number of rotatable bonds is 8. The van der Waals surface area contributed by atoms with Gasteiger partial charge in [0.25, 0.3) is 0 Å². The molecule has 0 unspecified atom stereocenters. The van der Waals surface area contributed by atoms with Crippen LogP contribution in [0.1, 0.15) is 34.2 Å². The number of carboxylic acid groups (broad SMARTS) is 1. The number of hydrogen-bond acceptors (Lipinski definition) is 7. The first-order valence-corrected chi connectivity index (χ1v) is 12.9. The number of methoxy groups -OCH3 is 1. The molecule has 8 nitrogen and oxygen atoms in total. The van der Waals surface area contributed by atoms with Crippen LogP contribution in [0.2, 0.25) is 0 Å². The van der Waals surface area contributed by atoms with Gasteiger partial charge < -0.3 is 24.8 Å². The molecule has 0 amide bonds. The number of carboxylic acids is 1. The Labute approximate surface area is 222 Å². The molecule has 0 saturated carbocycles. The van der Waals surface area contributed by atoms with Crippen LogP contribution in [0, 0.1) is 24.2 Å². The zero-order valence-electron chi connectivity index (χ0n) is 21.7. The van der Waals surface area contributed by atoms with E-state index in [4.69, 9.17) is 14.5 Å². The molecule has 5 rings (SSSR count). The van der Waals surface area contributed by atoms with Crippen LogP contribution in [0.15, 0.2) is 48.5 Å². The fraction of sp³-hybridized carbons (Fsp3) is 0.367. The smallest absolute Gasteiger partial charge is 0.308 e. The van der Waals surface area contributed by atoms with Gasteiger partial charge >= 0.3 is 5.97 Å². The summed E-state index contributed by atoms with van der Waals surface area (Å²) < 4.78 is 11.8. The van der Waals surface area contributed by atoms with Gasteiger partial charge in [0.2, 0.25) is 0 Å². The molecule has 1 fully saturated rings. The molecule has 3 heterocycles. The predicted molar refractivity (Wildman–Crippen MR) is 144 cm³/mol. The minimum atomic E-state index is -0.810. The van der Waals surface area contributed by atoms with E-state index < -0.39 is 11.9 Å². The normalized spacial score (nSPS) is 18.6. The fourth-order valence-electron chi connectivity index (χ4n) is 5.62. The highest BCUT2D eigenvalue weighted by atomic mass is 16.5. The van der Waals surface area contributed by atoms with Gasteiger partial charge in [-0.3, -0.25) is 4.79 Å². The molecule has 2 aromatic carbocycles. The highest BCUT2D eigenvalue weighted by Crippen LogP contribution is 2.36. The van der Waals surface area contributed by atoms with E-state index in [1.54, 1.807) is 7.11 Å². The highest BCUT2D eigenvalue weighted by molar-refractivity contribution is 5.74. The summed E-state index contributed by atoms with van der Waals surface area (Å²) in [5.41, 5.74) is 6.45. The van der Waals surface area contributed by atoms with Crippen molar-refractivity contribution in [1.82, 2.24) is 10.3 Å². The lowest BCUT2D eigenvalue weighted by Gasteiger charge is -2.27. The summed E-state index contributed by atoms with van der Waals surface area (Å²) in [7, 11) is 1.59. The van der Waals surface area contributed by atoms with Crippen LogP contribution in [0.25, 0.3) is 11.3 Å². The average molecular weight is 513 g/mol. The van der Waals surface area contributed by atoms with Gasteiger partial charge in [0.1, 0.15) is 18.2 Å². The first-order chi connectivity index (χ1) is 18.5. The number of benzene rings is 2. The number of nitrogens with one attached hydrogen (secondary N) is 1. The molecule has 38 heavy (non-hydrogen) atoms. The van der Waals surface area contributed by atoms with Gasteiger partial charge in [-0.05, 0) is 61.2 Å². The van der Waals surface area contributed by atoms with Crippen LogP contribution < -0.4 is 15.0 Å². The molecule has 0 aliphatic carbocycles. The third-order valence-corrected chi connectivity index (χ3v) is 7.56. The van der Waals surface area contributed by atoms with E-state index in [1.165, 1.54) is 5.56 Å². The summed E-state index contributed by atoms with van der Waals surface area (Å²) in [6, 6.07) is 17.9. The number of pyridine rings is 1. The first-order valence-electron chi connectivity index (χ1n) is 12.9. The predicted octanol–water partition coefficient (Wildman–Crippen LogP) is 4.08. The number of fused-ring (bicyclic) bond motifs is 1. The van der Waals surface area contributed by atoms with E-state index in [0.717, 1.165) is 59.0 Å². The number of para-hydroxylation sites is 1. The minimum Gasteiger partial charge on any atom is -0.488 e. The van der Waals surface area contributed by atoms with E-state index in [0.29, 0.717) is 25.1 Å². The van der Waals surface area contributed by atoms with Crippen LogP contribution in [0.4, 0.5) is 5.82 Å². The molecule has 2 aliphatic rings. The average Bonchev–Trinajstić information content (AvgIpc) is 3.36. The molecule has 2 atom stereocenters. The molecule has 3 aromatic rings. The zero-order chi connectivity index (χ0) is 26.6. The van der Waals surface area contributed by atoms with Crippen molar-refractivity contribution in [3.8, 4) is 23.1 Å². The molecule has 0 bridgehead atoms. The molecule has 1 saturated heterocycles. The van der Waals surface area contributed by atoms with Gasteiger partial charge in [-0.15, -0.1) is 0 Å². The largest absolute Gasteiger partial charge is 0.488 e. The lowest BCUT2D eigenvalue weighted by molar-refractivity contribution is -0.142. The second-order valence-corrected chi connectivity index (χ2v) is 9.85. The molecule has 196 valence electrons. The zero-order valence-corrected chi connectivity index (χ0v) is 21.7. The maximum Gasteiger partial charge on any atom is 0.308 e. The lowest BCUT2D eigenvalue weighted by Crippen LogP contribution is -2.39. The van der Waals surface area contributed by atoms with Crippen molar-refractivity contribution in [3.05, 3.63) is 76.3 Å². The van der Waals surface area contributed by atoms with Crippen molar-refractivity contribution >= 4 is 11.8 Å². The number of nitriles is 1. The van der Waals surface area contributed by atoms with Crippen LogP contribution in [0.5, 0.6) is 5.75 Å². The third kappa shape index (κ3) is 4.95. The lowest BCUT2D eigenvalue weighted by atomic mass is 9.92. The number of carbonyl (C=O) groups is 1. The van der Waals surface area contributed by atoms with Gasteiger partial charge in [0, 0.05) is 31.3 Å². The monoisotopic (exact) mass is 512 g/mol. The molecular weight excluding hydrogens is 480 g/mol. The standard InChI is InChI=1S/C30H32N4O4/c1-19-5-3-6-23(29(19)38-17-21-10-9-20-16-32-13-11-22(20)25(21)15-31)26-7-4-8-28(33-26)34-14-12-24(30(35)36)27(34)18-37-2/h3-10,24,27,32H,11-14,16-18H2,1-2H3,(H,35,36)/t24-,27-/m1/s1. The molecular formula is C30H32N4O4. The Balaban J connectivity index is 1.44. The van der Waals surface area contributed by atoms with Crippen LogP contribution in [-0.4, -0.2) is 48.9 Å². The van der Waals surface area contributed by atoms with E-state index in [9.17, 15) is 15.2 Å². The summed E-state index contributed by atoms with van der Waals surface area (Å²) in [4.78, 5) is 18.8. The fourth-order valence-corrected chi connectivity index (χ4v) is 5.62. The van der Waals surface area contributed by atoms with Gasteiger partial charge in [-0.2, -0.15) is 5.26 Å². The molecule has 1 aromatic heterocycles. The molecule has 2 aliphatic heterocycles. The van der Waals surface area contributed by atoms with Gasteiger partial charge in [-0.25, -0.2) is 4.98 Å².